The van der Waals surface area contributed by atoms with Gasteiger partial charge in [0.1, 0.15) is 0 Å². The minimum atomic E-state index is -1.75. The SMILES string of the molecule is CC(C)[N-]C(CO[Si](C(C)C)(C(C)C)C(C)C)C(C)C.[Li+]. The first kappa shape index (κ1) is 24.0. The maximum Gasteiger partial charge on any atom is 1.00 e. The summed E-state index contributed by atoms with van der Waals surface area (Å²) in [5.41, 5.74) is 1.94. The Balaban J connectivity index is 0. The molecule has 0 spiro atoms. The molecule has 0 aliphatic heterocycles. The van der Waals surface area contributed by atoms with Crippen LogP contribution in [0.5, 0.6) is 0 Å². The monoisotopic (exact) mass is 307 g/mol. The Bertz CT molecular complexity index is 246. The van der Waals surface area contributed by atoms with Gasteiger partial charge in [0.15, 0.2) is 8.32 Å². The van der Waals surface area contributed by atoms with E-state index < -0.39 is 8.32 Å². The summed E-state index contributed by atoms with van der Waals surface area (Å²) >= 11 is 0. The molecule has 0 aromatic rings. The molecule has 0 aromatic carbocycles. The zero-order valence-electron chi connectivity index (χ0n) is 16.5. The predicted octanol–water partition coefficient (Wildman–Crippen LogP) is 2.99. The van der Waals surface area contributed by atoms with Crippen molar-refractivity contribution in [1.82, 2.24) is 0 Å². The minimum absolute atomic E-state index is 0. The van der Waals surface area contributed by atoms with Crippen LogP contribution in [-0.2, 0) is 4.43 Å². The van der Waals surface area contributed by atoms with E-state index in [0.29, 0.717) is 34.6 Å². The van der Waals surface area contributed by atoms with Crippen molar-refractivity contribution in [3.63, 3.8) is 0 Å². The summed E-state index contributed by atoms with van der Waals surface area (Å²) < 4.78 is 6.68. The fourth-order valence-corrected chi connectivity index (χ4v) is 8.98. The summed E-state index contributed by atoms with van der Waals surface area (Å²) in [6.07, 6.45) is 0. The fraction of sp³-hybridized carbons (Fsp3) is 1.00. The molecule has 0 N–H and O–H groups in total. The summed E-state index contributed by atoms with van der Waals surface area (Å²) in [5, 5.41) is 4.85. The van der Waals surface area contributed by atoms with E-state index in [9.17, 15) is 0 Å². The quantitative estimate of drug-likeness (QED) is 0.601. The van der Waals surface area contributed by atoms with Crippen LogP contribution in [0.25, 0.3) is 5.32 Å². The molecule has 0 radical (unpaired) electrons. The van der Waals surface area contributed by atoms with Crippen LogP contribution in [0.4, 0.5) is 0 Å². The van der Waals surface area contributed by atoms with Gasteiger partial charge in [-0.05, 0) is 16.6 Å². The van der Waals surface area contributed by atoms with Gasteiger partial charge in [0, 0.05) is 6.61 Å². The van der Waals surface area contributed by atoms with Gasteiger partial charge in [-0.25, -0.2) is 0 Å². The van der Waals surface area contributed by atoms with E-state index in [1.54, 1.807) is 0 Å². The van der Waals surface area contributed by atoms with Crippen LogP contribution in [0.3, 0.4) is 0 Å². The fourth-order valence-electron chi connectivity index (χ4n) is 3.52. The molecule has 0 heterocycles. The normalized spacial score (nSPS) is 14.4. The van der Waals surface area contributed by atoms with Crippen molar-refractivity contribution in [2.24, 2.45) is 5.92 Å². The molecule has 0 aromatic heterocycles. The minimum Gasteiger partial charge on any atom is -0.655 e. The molecule has 0 saturated heterocycles. The molecule has 122 valence electrons. The van der Waals surface area contributed by atoms with Crippen molar-refractivity contribution in [1.29, 1.82) is 0 Å². The van der Waals surface area contributed by atoms with Crippen LogP contribution < -0.4 is 18.9 Å². The van der Waals surface area contributed by atoms with Crippen molar-refractivity contribution >= 4 is 8.32 Å². The Kier molecular flexibility index (Phi) is 12.0. The molecular formula is C17H38LiNOSi. The predicted molar refractivity (Wildman–Crippen MR) is 94.1 cm³/mol. The van der Waals surface area contributed by atoms with Crippen molar-refractivity contribution < 1.29 is 23.3 Å². The molecule has 0 fully saturated rings. The van der Waals surface area contributed by atoms with E-state index in [1.807, 2.05) is 0 Å². The average Bonchev–Trinajstić information content (AvgIpc) is 2.25. The molecule has 0 aliphatic carbocycles. The molecule has 21 heavy (non-hydrogen) atoms. The van der Waals surface area contributed by atoms with Gasteiger partial charge in [-0.15, -0.1) is 12.1 Å². The standard InChI is InChI=1S/C17H38NOSi.Li/c1-12(2)17(18-13(3)4)11-19-20(14(5)6,15(7)8)16(9)10;/h12-17H,11H2,1-10H3;/q-1;+1. The van der Waals surface area contributed by atoms with Gasteiger partial charge in [-0.3, -0.25) is 0 Å². The second-order valence-corrected chi connectivity index (χ2v) is 13.1. The van der Waals surface area contributed by atoms with Crippen LogP contribution in [0.2, 0.25) is 16.6 Å². The van der Waals surface area contributed by atoms with Crippen LogP contribution in [-0.4, -0.2) is 27.0 Å². The van der Waals surface area contributed by atoms with E-state index in [-0.39, 0.29) is 18.9 Å². The Morgan fingerprint density at radius 2 is 1.14 bits per heavy atom. The first-order valence-corrected chi connectivity index (χ1v) is 10.5. The van der Waals surface area contributed by atoms with Gasteiger partial charge in [0.05, 0.1) is 0 Å². The van der Waals surface area contributed by atoms with Crippen LogP contribution in [0.1, 0.15) is 69.2 Å². The molecule has 1 unspecified atom stereocenters. The largest absolute Gasteiger partial charge is 1.00 e. The van der Waals surface area contributed by atoms with Gasteiger partial charge in [-0.2, -0.15) is 0 Å². The Hall–Kier alpha value is 0.734. The number of rotatable bonds is 9. The van der Waals surface area contributed by atoms with Crippen LogP contribution >= 0.6 is 0 Å². The van der Waals surface area contributed by atoms with E-state index in [2.05, 4.69) is 69.2 Å². The maximum absolute atomic E-state index is 6.68. The smallest absolute Gasteiger partial charge is 0.655 e. The Morgan fingerprint density at radius 1 is 0.762 bits per heavy atom. The molecule has 1 atom stereocenters. The third kappa shape index (κ3) is 6.79. The van der Waals surface area contributed by atoms with Gasteiger partial charge in [0.25, 0.3) is 0 Å². The van der Waals surface area contributed by atoms with E-state index in [1.165, 1.54) is 0 Å². The Labute approximate surface area is 147 Å². The van der Waals surface area contributed by atoms with E-state index >= 15 is 0 Å². The van der Waals surface area contributed by atoms with Crippen molar-refractivity contribution in [3.05, 3.63) is 5.32 Å². The molecule has 0 bridgehead atoms. The van der Waals surface area contributed by atoms with Crippen molar-refractivity contribution in [3.8, 4) is 0 Å². The number of hydrogen-bond acceptors (Lipinski definition) is 1. The van der Waals surface area contributed by atoms with Crippen LogP contribution in [0.15, 0.2) is 0 Å². The molecule has 0 rings (SSSR count). The summed E-state index contributed by atoms with van der Waals surface area (Å²) in [5.74, 6) is 0.551. The molecule has 2 nitrogen and oxygen atoms in total. The third-order valence-electron chi connectivity index (χ3n) is 4.47. The van der Waals surface area contributed by atoms with Gasteiger partial charge >= 0.3 is 18.9 Å². The molecule has 0 amide bonds. The third-order valence-corrected chi connectivity index (χ3v) is 10.6. The first-order chi connectivity index (χ1) is 9.05. The second-order valence-electron chi connectivity index (χ2n) is 7.68. The van der Waals surface area contributed by atoms with E-state index in [4.69, 9.17) is 9.74 Å². The van der Waals surface area contributed by atoms with Crippen molar-refractivity contribution in [2.45, 2.75) is 97.9 Å². The molecule has 0 aliphatic rings. The first-order valence-electron chi connectivity index (χ1n) is 8.39. The molecule has 4 heteroatoms. The van der Waals surface area contributed by atoms with Crippen molar-refractivity contribution in [2.75, 3.05) is 6.61 Å². The zero-order chi connectivity index (χ0) is 16.1. The zero-order valence-corrected chi connectivity index (χ0v) is 17.5. The van der Waals surface area contributed by atoms with Gasteiger partial charge in [-0.1, -0.05) is 75.2 Å². The summed E-state index contributed by atoms with van der Waals surface area (Å²) in [4.78, 5) is 0. The maximum atomic E-state index is 6.68. The van der Waals surface area contributed by atoms with E-state index in [0.717, 1.165) is 6.61 Å². The van der Waals surface area contributed by atoms with Gasteiger partial charge in [0.2, 0.25) is 0 Å². The molecular weight excluding hydrogens is 269 g/mol. The van der Waals surface area contributed by atoms with Crippen LogP contribution in [0, 0.1) is 5.92 Å². The number of hydrogen-bond donors (Lipinski definition) is 0. The Morgan fingerprint density at radius 3 is 1.38 bits per heavy atom. The number of nitrogens with zero attached hydrogens (tertiary/aromatic N) is 1. The summed E-state index contributed by atoms with van der Waals surface area (Å²) in [7, 11) is -1.75. The average molecular weight is 308 g/mol. The summed E-state index contributed by atoms with van der Waals surface area (Å²) in [6.45, 7) is 23.7. The second kappa shape index (κ2) is 10.5. The van der Waals surface area contributed by atoms with Gasteiger partial charge < -0.3 is 9.74 Å². The summed E-state index contributed by atoms with van der Waals surface area (Å²) in [6, 6.07) is 0.720. The molecule has 0 saturated carbocycles. The topological polar surface area (TPSA) is 23.3 Å².